The van der Waals surface area contributed by atoms with Gasteiger partial charge in [0.15, 0.2) is 12.6 Å². The number of hydrogen-bond acceptors (Lipinski definition) is 6. The van der Waals surface area contributed by atoms with E-state index in [0.717, 1.165) is 11.3 Å². The Bertz CT molecular complexity index is 890. The van der Waals surface area contributed by atoms with E-state index in [0.29, 0.717) is 17.1 Å². The van der Waals surface area contributed by atoms with Gasteiger partial charge in [0.25, 0.3) is 5.69 Å². The normalized spacial score (nSPS) is 10.6. The van der Waals surface area contributed by atoms with Gasteiger partial charge in [-0.15, -0.1) is 5.10 Å². The molecule has 0 N–H and O–H groups in total. The molecule has 128 valence electrons. The molecule has 25 heavy (non-hydrogen) atoms. The van der Waals surface area contributed by atoms with E-state index >= 15 is 0 Å². The Morgan fingerprint density at radius 1 is 1.20 bits per heavy atom. The Morgan fingerprint density at radius 3 is 2.60 bits per heavy atom. The lowest BCUT2D eigenvalue weighted by Crippen LogP contribution is -1.99. The second-order valence-electron chi connectivity index (χ2n) is 5.32. The molecule has 0 saturated heterocycles. The van der Waals surface area contributed by atoms with Gasteiger partial charge in [-0.25, -0.2) is 9.67 Å². The number of nitrogens with zero attached hydrogens (tertiary/aromatic N) is 4. The molecule has 0 unspecified atom stereocenters. The lowest BCUT2D eigenvalue weighted by Gasteiger charge is -2.05. The zero-order valence-electron chi connectivity index (χ0n) is 13.7. The zero-order chi connectivity index (χ0) is 17.8. The molecule has 0 fully saturated rings. The molecule has 0 aliphatic rings. The molecule has 3 rings (SSSR count). The monoisotopic (exact) mass is 340 g/mol. The Morgan fingerprint density at radius 2 is 1.96 bits per heavy atom. The highest BCUT2D eigenvalue weighted by Crippen LogP contribution is 2.24. The van der Waals surface area contributed by atoms with E-state index in [1.165, 1.54) is 6.07 Å². The lowest BCUT2D eigenvalue weighted by molar-refractivity contribution is -0.385. The minimum Gasteiger partial charge on any atom is -0.468 e. The predicted molar refractivity (Wildman–Crippen MR) is 90.7 cm³/mol. The summed E-state index contributed by atoms with van der Waals surface area (Å²) in [7, 11) is 1.56. The number of hydrogen-bond donors (Lipinski definition) is 0. The molecule has 8 heteroatoms. The molecule has 1 aromatic heterocycles. The topological polar surface area (TPSA) is 92.3 Å². The van der Waals surface area contributed by atoms with Gasteiger partial charge in [0, 0.05) is 24.3 Å². The van der Waals surface area contributed by atoms with Crippen molar-refractivity contribution in [2.75, 3.05) is 13.9 Å². The molecule has 0 radical (unpaired) electrons. The number of nitro groups is 1. The zero-order valence-corrected chi connectivity index (χ0v) is 13.7. The van der Waals surface area contributed by atoms with Gasteiger partial charge in [-0.05, 0) is 43.3 Å². The molecule has 8 nitrogen and oxygen atoms in total. The maximum atomic E-state index is 10.9. The average molecular weight is 340 g/mol. The minimum atomic E-state index is -0.404. The molecule has 1 heterocycles. The van der Waals surface area contributed by atoms with E-state index < -0.39 is 4.92 Å². The number of aromatic nitrogens is 3. The van der Waals surface area contributed by atoms with E-state index in [1.54, 1.807) is 37.2 Å². The molecule has 0 aliphatic heterocycles. The van der Waals surface area contributed by atoms with Crippen molar-refractivity contribution in [2.45, 2.75) is 6.92 Å². The molecule has 0 bridgehead atoms. The SMILES string of the molecule is COCOc1ccc(-n2cnc(-c3ccc([N+](=O)[O-])c(C)c3)n2)cc1. The average Bonchev–Trinajstić information content (AvgIpc) is 3.10. The second-order valence-corrected chi connectivity index (χ2v) is 5.32. The summed E-state index contributed by atoms with van der Waals surface area (Å²) in [5.74, 6) is 1.19. The summed E-state index contributed by atoms with van der Waals surface area (Å²) in [4.78, 5) is 14.8. The van der Waals surface area contributed by atoms with Crippen LogP contribution in [0.25, 0.3) is 17.1 Å². The summed E-state index contributed by atoms with van der Waals surface area (Å²) in [6, 6.07) is 12.1. The Balaban J connectivity index is 1.82. The predicted octanol–water partition coefficient (Wildman–Crippen LogP) is 3.13. The first-order valence-corrected chi connectivity index (χ1v) is 7.48. The van der Waals surface area contributed by atoms with Crippen LogP contribution < -0.4 is 4.74 Å². The molecular weight excluding hydrogens is 324 g/mol. The molecule has 0 spiro atoms. The molecule has 0 atom stereocenters. The van der Waals surface area contributed by atoms with Crippen LogP contribution in [0.15, 0.2) is 48.8 Å². The van der Waals surface area contributed by atoms with Gasteiger partial charge in [-0.3, -0.25) is 10.1 Å². The molecule has 0 amide bonds. The minimum absolute atomic E-state index is 0.0785. The summed E-state index contributed by atoms with van der Waals surface area (Å²) >= 11 is 0. The van der Waals surface area contributed by atoms with Crippen molar-refractivity contribution in [1.29, 1.82) is 0 Å². The molecule has 2 aromatic carbocycles. The standard InChI is InChI=1S/C17H16N4O4/c1-12-9-13(3-8-16(12)21(22)23)17-18-10-20(19-17)14-4-6-15(7-5-14)25-11-24-2/h3-10H,11H2,1-2H3. The molecule has 0 aliphatic carbocycles. The number of nitro benzene ring substituents is 1. The number of ether oxygens (including phenoxy) is 2. The van der Waals surface area contributed by atoms with E-state index in [1.807, 2.05) is 24.3 Å². The van der Waals surface area contributed by atoms with Crippen molar-refractivity contribution < 1.29 is 14.4 Å². The van der Waals surface area contributed by atoms with Gasteiger partial charge in [0.05, 0.1) is 10.6 Å². The van der Waals surface area contributed by atoms with Crippen LogP contribution in [0.5, 0.6) is 5.75 Å². The van der Waals surface area contributed by atoms with Crippen LogP contribution in [0.1, 0.15) is 5.56 Å². The quantitative estimate of drug-likeness (QED) is 0.389. The molecular formula is C17H16N4O4. The van der Waals surface area contributed by atoms with E-state index in [2.05, 4.69) is 10.1 Å². The van der Waals surface area contributed by atoms with Crippen molar-refractivity contribution in [1.82, 2.24) is 14.8 Å². The fourth-order valence-corrected chi connectivity index (χ4v) is 2.34. The third kappa shape index (κ3) is 3.64. The number of rotatable bonds is 6. The first-order chi connectivity index (χ1) is 12.1. The fourth-order valence-electron chi connectivity index (χ4n) is 2.34. The van der Waals surface area contributed by atoms with Gasteiger partial charge in [0.1, 0.15) is 12.1 Å². The van der Waals surface area contributed by atoms with Crippen LogP contribution in [0, 0.1) is 17.0 Å². The largest absolute Gasteiger partial charge is 0.468 e. The van der Waals surface area contributed by atoms with E-state index in [4.69, 9.17) is 9.47 Å². The number of methoxy groups -OCH3 is 1. The van der Waals surface area contributed by atoms with Crippen LogP contribution in [0.3, 0.4) is 0 Å². The molecule has 0 saturated carbocycles. The van der Waals surface area contributed by atoms with Gasteiger partial charge in [-0.1, -0.05) is 0 Å². The number of benzene rings is 2. The Labute approximate surface area is 143 Å². The second kappa shape index (κ2) is 7.10. The van der Waals surface area contributed by atoms with Crippen LogP contribution >= 0.6 is 0 Å². The van der Waals surface area contributed by atoms with Crippen molar-refractivity contribution in [2.24, 2.45) is 0 Å². The van der Waals surface area contributed by atoms with Gasteiger partial charge in [0.2, 0.25) is 0 Å². The summed E-state index contributed by atoms with van der Waals surface area (Å²) in [6.07, 6.45) is 1.59. The molecule has 3 aromatic rings. The van der Waals surface area contributed by atoms with Crippen LogP contribution in [0.4, 0.5) is 5.69 Å². The van der Waals surface area contributed by atoms with E-state index in [9.17, 15) is 10.1 Å². The highest BCUT2D eigenvalue weighted by atomic mass is 16.7. The smallest absolute Gasteiger partial charge is 0.272 e. The fraction of sp³-hybridized carbons (Fsp3) is 0.176. The summed E-state index contributed by atoms with van der Waals surface area (Å²) < 4.78 is 11.8. The third-order valence-electron chi connectivity index (χ3n) is 3.59. The summed E-state index contributed by atoms with van der Waals surface area (Å²) in [6.45, 7) is 1.88. The van der Waals surface area contributed by atoms with Crippen molar-refractivity contribution in [3.05, 3.63) is 64.5 Å². The highest BCUT2D eigenvalue weighted by molar-refractivity contribution is 5.60. The highest BCUT2D eigenvalue weighted by Gasteiger charge is 2.13. The first-order valence-electron chi connectivity index (χ1n) is 7.48. The van der Waals surface area contributed by atoms with Crippen molar-refractivity contribution >= 4 is 5.69 Å². The van der Waals surface area contributed by atoms with Crippen LogP contribution in [-0.2, 0) is 4.74 Å². The van der Waals surface area contributed by atoms with Gasteiger partial charge >= 0.3 is 0 Å². The summed E-state index contributed by atoms with van der Waals surface area (Å²) in [5.41, 5.74) is 2.19. The first kappa shape index (κ1) is 16.6. The van der Waals surface area contributed by atoms with Crippen LogP contribution in [-0.4, -0.2) is 33.6 Å². The Kier molecular flexibility index (Phi) is 4.71. The van der Waals surface area contributed by atoms with Gasteiger partial charge in [-0.2, -0.15) is 0 Å². The third-order valence-corrected chi connectivity index (χ3v) is 3.59. The Hall–Kier alpha value is -3.26. The van der Waals surface area contributed by atoms with Crippen molar-refractivity contribution in [3.8, 4) is 22.8 Å². The maximum Gasteiger partial charge on any atom is 0.272 e. The van der Waals surface area contributed by atoms with Crippen LogP contribution in [0.2, 0.25) is 0 Å². The summed E-state index contributed by atoms with van der Waals surface area (Å²) in [5, 5.41) is 15.3. The maximum absolute atomic E-state index is 10.9. The lowest BCUT2D eigenvalue weighted by atomic mass is 10.1. The van der Waals surface area contributed by atoms with Crippen molar-refractivity contribution in [3.63, 3.8) is 0 Å². The number of aryl methyl sites for hydroxylation is 1. The van der Waals surface area contributed by atoms with E-state index in [-0.39, 0.29) is 12.5 Å². The van der Waals surface area contributed by atoms with Gasteiger partial charge < -0.3 is 9.47 Å².